The molecule has 24 heavy (non-hydrogen) atoms. The van der Waals surface area contributed by atoms with Crippen molar-refractivity contribution in [3.63, 3.8) is 0 Å². The van der Waals surface area contributed by atoms with Gasteiger partial charge in [0.2, 0.25) is 5.75 Å². The Morgan fingerprint density at radius 1 is 1.08 bits per heavy atom. The van der Waals surface area contributed by atoms with Crippen molar-refractivity contribution in [2.24, 2.45) is 0 Å². The molecule has 0 amide bonds. The van der Waals surface area contributed by atoms with Gasteiger partial charge in [0.1, 0.15) is 5.82 Å². The van der Waals surface area contributed by atoms with Crippen LogP contribution in [0.2, 0.25) is 0 Å². The molecule has 0 fully saturated rings. The summed E-state index contributed by atoms with van der Waals surface area (Å²) < 4.78 is 10.2. The molecule has 0 radical (unpaired) electrons. The normalized spacial score (nSPS) is 11.1. The molecule has 0 spiro atoms. The smallest absolute Gasteiger partial charge is 0.259 e. The highest BCUT2D eigenvalue weighted by Gasteiger charge is 2.10. The SMILES string of the molecule is COc1cc(/C=C/c2nc3ccccc3c(=O)[nH]2)cc(OC)c1O. The van der Waals surface area contributed by atoms with Crippen LogP contribution < -0.4 is 15.0 Å². The Morgan fingerprint density at radius 2 is 1.75 bits per heavy atom. The summed E-state index contributed by atoms with van der Waals surface area (Å²) in [6.45, 7) is 0. The molecular formula is C18H16N2O4. The van der Waals surface area contributed by atoms with Gasteiger partial charge in [-0.2, -0.15) is 0 Å². The zero-order valence-electron chi connectivity index (χ0n) is 13.2. The lowest BCUT2D eigenvalue weighted by Gasteiger charge is -2.09. The highest BCUT2D eigenvalue weighted by Crippen LogP contribution is 2.37. The van der Waals surface area contributed by atoms with Gasteiger partial charge in [0.25, 0.3) is 5.56 Å². The quantitative estimate of drug-likeness (QED) is 0.771. The predicted octanol–water partition coefficient (Wildman–Crippen LogP) is 2.82. The summed E-state index contributed by atoms with van der Waals surface area (Å²) in [5.74, 6) is 0.974. The third kappa shape index (κ3) is 2.94. The lowest BCUT2D eigenvalue weighted by molar-refractivity contribution is 0.340. The molecule has 1 heterocycles. The van der Waals surface area contributed by atoms with Gasteiger partial charge in [0, 0.05) is 0 Å². The van der Waals surface area contributed by atoms with Gasteiger partial charge >= 0.3 is 0 Å². The Kier molecular flexibility index (Phi) is 4.20. The monoisotopic (exact) mass is 324 g/mol. The summed E-state index contributed by atoms with van der Waals surface area (Å²) >= 11 is 0. The lowest BCUT2D eigenvalue weighted by atomic mass is 10.1. The van der Waals surface area contributed by atoms with Crippen LogP contribution in [0.4, 0.5) is 0 Å². The fraction of sp³-hybridized carbons (Fsp3) is 0.111. The van der Waals surface area contributed by atoms with Crippen LogP contribution in [0, 0.1) is 0 Å². The standard InChI is InChI=1S/C18H16N2O4/c1-23-14-9-11(10-15(24-2)17(14)21)7-8-16-19-13-6-4-3-5-12(13)18(22)20-16/h3-10,21H,1-2H3,(H,19,20,22)/b8-7+. The molecule has 0 aliphatic carbocycles. The number of aromatic amines is 1. The summed E-state index contributed by atoms with van der Waals surface area (Å²) in [7, 11) is 2.93. The van der Waals surface area contributed by atoms with Crippen LogP contribution in [-0.4, -0.2) is 29.3 Å². The van der Waals surface area contributed by atoms with Gasteiger partial charge in [-0.15, -0.1) is 0 Å². The van der Waals surface area contributed by atoms with Crippen molar-refractivity contribution in [2.45, 2.75) is 0 Å². The minimum absolute atomic E-state index is 0.0608. The van der Waals surface area contributed by atoms with Crippen LogP contribution >= 0.6 is 0 Å². The fourth-order valence-corrected chi connectivity index (χ4v) is 2.37. The molecule has 2 aromatic carbocycles. The van der Waals surface area contributed by atoms with Gasteiger partial charge in [-0.05, 0) is 35.9 Å². The number of methoxy groups -OCH3 is 2. The second-order valence-corrected chi connectivity index (χ2v) is 5.08. The van der Waals surface area contributed by atoms with Gasteiger partial charge in [0.15, 0.2) is 11.5 Å². The van der Waals surface area contributed by atoms with Crippen LogP contribution in [-0.2, 0) is 0 Å². The summed E-state index contributed by atoms with van der Waals surface area (Å²) in [5, 5.41) is 10.5. The number of hydrogen-bond acceptors (Lipinski definition) is 5. The summed E-state index contributed by atoms with van der Waals surface area (Å²) in [6, 6.07) is 10.5. The number of aromatic hydroxyl groups is 1. The number of para-hydroxylation sites is 1. The molecular weight excluding hydrogens is 308 g/mol. The maximum atomic E-state index is 12.1. The van der Waals surface area contributed by atoms with Crippen LogP contribution in [0.3, 0.4) is 0 Å². The molecule has 6 heteroatoms. The van der Waals surface area contributed by atoms with Crippen LogP contribution in [0.15, 0.2) is 41.2 Å². The summed E-state index contributed by atoms with van der Waals surface area (Å²) in [4.78, 5) is 19.2. The van der Waals surface area contributed by atoms with E-state index >= 15 is 0 Å². The second kappa shape index (κ2) is 6.45. The van der Waals surface area contributed by atoms with Crippen LogP contribution in [0.5, 0.6) is 17.2 Å². The molecule has 0 aliphatic heterocycles. The average molecular weight is 324 g/mol. The number of phenols is 1. The van der Waals surface area contributed by atoms with Crippen molar-refractivity contribution in [3.8, 4) is 17.2 Å². The molecule has 1 aromatic heterocycles. The molecule has 0 aliphatic rings. The van der Waals surface area contributed by atoms with E-state index in [2.05, 4.69) is 9.97 Å². The number of aromatic nitrogens is 2. The fourth-order valence-electron chi connectivity index (χ4n) is 2.37. The van der Waals surface area contributed by atoms with Gasteiger partial charge in [0.05, 0.1) is 25.1 Å². The molecule has 6 nitrogen and oxygen atoms in total. The van der Waals surface area contributed by atoms with Crippen molar-refractivity contribution in [2.75, 3.05) is 14.2 Å². The van der Waals surface area contributed by atoms with E-state index in [4.69, 9.17) is 9.47 Å². The third-order valence-electron chi connectivity index (χ3n) is 3.57. The van der Waals surface area contributed by atoms with E-state index < -0.39 is 0 Å². The Morgan fingerprint density at radius 3 is 2.42 bits per heavy atom. The van der Waals surface area contributed by atoms with Crippen LogP contribution in [0.1, 0.15) is 11.4 Å². The molecule has 122 valence electrons. The molecule has 0 atom stereocenters. The van der Waals surface area contributed by atoms with Gasteiger partial charge in [-0.3, -0.25) is 4.79 Å². The number of benzene rings is 2. The van der Waals surface area contributed by atoms with Gasteiger partial charge < -0.3 is 19.6 Å². The van der Waals surface area contributed by atoms with E-state index in [1.165, 1.54) is 14.2 Å². The number of hydrogen-bond donors (Lipinski definition) is 2. The molecule has 0 saturated heterocycles. The number of nitrogens with zero attached hydrogens (tertiary/aromatic N) is 1. The third-order valence-corrected chi connectivity index (χ3v) is 3.57. The van der Waals surface area contributed by atoms with Gasteiger partial charge in [-0.25, -0.2) is 4.98 Å². The average Bonchev–Trinajstić information content (AvgIpc) is 2.61. The molecule has 0 unspecified atom stereocenters. The number of fused-ring (bicyclic) bond motifs is 1. The minimum atomic E-state index is -0.193. The molecule has 3 aromatic rings. The molecule has 2 N–H and O–H groups in total. The molecule has 3 rings (SSSR count). The van der Waals surface area contributed by atoms with Crippen molar-refractivity contribution in [1.82, 2.24) is 9.97 Å². The topological polar surface area (TPSA) is 84.4 Å². The number of H-pyrrole nitrogens is 1. The number of ether oxygens (including phenoxy) is 2. The number of rotatable bonds is 4. The summed E-state index contributed by atoms with van der Waals surface area (Å²) in [6.07, 6.45) is 3.43. The Labute approximate surface area is 138 Å². The van der Waals surface area contributed by atoms with E-state index in [1.807, 2.05) is 6.07 Å². The van der Waals surface area contributed by atoms with E-state index in [0.29, 0.717) is 28.2 Å². The van der Waals surface area contributed by atoms with E-state index in [0.717, 1.165) is 5.56 Å². The zero-order valence-corrected chi connectivity index (χ0v) is 13.2. The summed E-state index contributed by atoms with van der Waals surface area (Å²) in [5.41, 5.74) is 1.17. The Hall–Kier alpha value is -3.28. The number of nitrogens with one attached hydrogen (secondary N) is 1. The first-order valence-electron chi connectivity index (χ1n) is 7.24. The van der Waals surface area contributed by atoms with Gasteiger partial charge in [-0.1, -0.05) is 18.2 Å². The maximum Gasteiger partial charge on any atom is 0.259 e. The molecule has 0 saturated carbocycles. The highest BCUT2D eigenvalue weighted by atomic mass is 16.5. The van der Waals surface area contributed by atoms with E-state index in [-0.39, 0.29) is 11.3 Å². The van der Waals surface area contributed by atoms with Crippen molar-refractivity contribution in [3.05, 3.63) is 58.1 Å². The maximum absolute atomic E-state index is 12.1. The predicted molar refractivity (Wildman–Crippen MR) is 92.5 cm³/mol. The van der Waals surface area contributed by atoms with Crippen molar-refractivity contribution in [1.29, 1.82) is 0 Å². The van der Waals surface area contributed by atoms with E-state index in [9.17, 15) is 9.90 Å². The first-order valence-corrected chi connectivity index (χ1v) is 7.24. The first-order chi connectivity index (χ1) is 11.6. The first kappa shape index (κ1) is 15.6. The Balaban J connectivity index is 2.01. The second-order valence-electron chi connectivity index (χ2n) is 5.08. The Bertz CT molecular complexity index is 951. The lowest BCUT2D eigenvalue weighted by Crippen LogP contribution is -2.09. The van der Waals surface area contributed by atoms with Crippen LogP contribution in [0.25, 0.3) is 23.1 Å². The molecule has 0 bridgehead atoms. The van der Waals surface area contributed by atoms with Crippen molar-refractivity contribution < 1.29 is 14.6 Å². The zero-order chi connectivity index (χ0) is 17.1. The van der Waals surface area contributed by atoms with Crippen molar-refractivity contribution >= 4 is 23.1 Å². The van der Waals surface area contributed by atoms with E-state index in [1.54, 1.807) is 42.5 Å². The largest absolute Gasteiger partial charge is 0.502 e. The highest BCUT2D eigenvalue weighted by molar-refractivity contribution is 5.79. The minimum Gasteiger partial charge on any atom is -0.502 e. The number of phenolic OH excluding ortho intramolecular Hbond substituents is 1.